The van der Waals surface area contributed by atoms with Crippen LogP contribution in [0.2, 0.25) is 0 Å². The van der Waals surface area contributed by atoms with Crippen LogP contribution in [0, 0.1) is 12.7 Å². The Morgan fingerprint density at radius 2 is 2.19 bits per heavy atom. The fourth-order valence-corrected chi connectivity index (χ4v) is 1.43. The van der Waals surface area contributed by atoms with Gasteiger partial charge in [0.05, 0.1) is 4.47 Å². The van der Waals surface area contributed by atoms with Gasteiger partial charge in [-0.05, 0) is 34.5 Å². The van der Waals surface area contributed by atoms with Crippen LogP contribution in [0.3, 0.4) is 0 Å². The van der Waals surface area contributed by atoms with E-state index in [1.54, 1.807) is 25.3 Å². The average Bonchev–Trinajstić information content (AvgIpc) is 2.27. The second kappa shape index (κ2) is 4.57. The maximum absolute atomic E-state index is 13.3. The van der Waals surface area contributed by atoms with Crippen LogP contribution < -0.4 is 4.74 Å². The third-order valence-electron chi connectivity index (χ3n) is 1.99. The van der Waals surface area contributed by atoms with Crippen LogP contribution >= 0.6 is 15.9 Å². The van der Waals surface area contributed by atoms with Crippen LogP contribution in [0.15, 0.2) is 35.2 Å². The molecule has 0 N–H and O–H groups in total. The lowest BCUT2D eigenvalue weighted by Gasteiger charge is -2.06. The first-order chi connectivity index (χ1) is 7.66. The van der Waals surface area contributed by atoms with E-state index in [1.165, 1.54) is 12.4 Å². The Bertz CT molecular complexity index is 519. The molecule has 1 aromatic heterocycles. The maximum Gasteiger partial charge on any atom is 0.236 e. The summed E-state index contributed by atoms with van der Waals surface area (Å²) < 4.78 is 19.3. The standard InChI is InChI=1S/C11H8BrFN2O/c1-7-2-3-8(4-10(7)13)16-11-9(12)5-14-6-15-11/h2-6H,1H3. The molecule has 0 unspecified atom stereocenters. The number of hydrogen-bond acceptors (Lipinski definition) is 3. The third-order valence-corrected chi connectivity index (χ3v) is 2.54. The Balaban J connectivity index is 2.28. The molecule has 0 aliphatic heterocycles. The number of hydrogen-bond donors (Lipinski definition) is 0. The smallest absolute Gasteiger partial charge is 0.236 e. The van der Waals surface area contributed by atoms with E-state index < -0.39 is 0 Å². The Morgan fingerprint density at radius 3 is 2.88 bits per heavy atom. The van der Waals surface area contributed by atoms with Crippen molar-refractivity contribution in [3.05, 3.63) is 46.6 Å². The average molecular weight is 283 g/mol. The van der Waals surface area contributed by atoms with E-state index in [2.05, 4.69) is 25.9 Å². The number of ether oxygens (including phenoxy) is 1. The van der Waals surface area contributed by atoms with Gasteiger partial charge in [-0.25, -0.2) is 14.4 Å². The summed E-state index contributed by atoms with van der Waals surface area (Å²) in [4.78, 5) is 7.73. The van der Waals surface area contributed by atoms with E-state index in [-0.39, 0.29) is 5.82 Å². The molecule has 0 fully saturated rings. The summed E-state index contributed by atoms with van der Waals surface area (Å²) in [5.74, 6) is 0.462. The lowest BCUT2D eigenvalue weighted by molar-refractivity contribution is 0.453. The summed E-state index contributed by atoms with van der Waals surface area (Å²) in [7, 11) is 0. The molecule has 0 bridgehead atoms. The molecule has 16 heavy (non-hydrogen) atoms. The van der Waals surface area contributed by atoms with Gasteiger partial charge < -0.3 is 4.74 Å². The first-order valence-electron chi connectivity index (χ1n) is 4.56. The van der Waals surface area contributed by atoms with Crippen LogP contribution in [0.4, 0.5) is 4.39 Å². The van der Waals surface area contributed by atoms with Gasteiger partial charge in [-0.3, -0.25) is 0 Å². The van der Waals surface area contributed by atoms with Crippen molar-refractivity contribution in [3.63, 3.8) is 0 Å². The van der Waals surface area contributed by atoms with E-state index in [1.807, 2.05) is 0 Å². The number of aryl methyl sites for hydroxylation is 1. The van der Waals surface area contributed by atoms with Crippen LogP contribution in [-0.4, -0.2) is 9.97 Å². The van der Waals surface area contributed by atoms with E-state index in [0.717, 1.165) is 0 Å². The van der Waals surface area contributed by atoms with E-state index in [9.17, 15) is 4.39 Å². The van der Waals surface area contributed by atoms with Crippen LogP contribution in [0.1, 0.15) is 5.56 Å². The first-order valence-corrected chi connectivity index (χ1v) is 5.35. The summed E-state index contributed by atoms with van der Waals surface area (Å²) in [5, 5.41) is 0. The molecule has 0 radical (unpaired) electrons. The van der Waals surface area contributed by atoms with Gasteiger partial charge in [-0.1, -0.05) is 6.07 Å². The molecule has 0 aliphatic rings. The Labute approximate surface area is 100 Å². The van der Waals surface area contributed by atoms with E-state index in [4.69, 9.17) is 4.74 Å². The highest BCUT2D eigenvalue weighted by Crippen LogP contribution is 2.26. The van der Waals surface area contributed by atoms with E-state index >= 15 is 0 Å². The van der Waals surface area contributed by atoms with Crippen molar-refractivity contribution >= 4 is 15.9 Å². The Morgan fingerprint density at radius 1 is 1.38 bits per heavy atom. The van der Waals surface area contributed by atoms with Crippen molar-refractivity contribution < 1.29 is 9.13 Å². The first kappa shape index (κ1) is 11.0. The molecule has 0 atom stereocenters. The Kier molecular flexibility index (Phi) is 3.14. The number of nitrogens with zero attached hydrogens (tertiary/aromatic N) is 2. The zero-order valence-corrected chi connectivity index (χ0v) is 10.0. The topological polar surface area (TPSA) is 35.0 Å². The van der Waals surface area contributed by atoms with E-state index in [0.29, 0.717) is 21.7 Å². The van der Waals surface area contributed by atoms with Gasteiger partial charge in [0.25, 0.3) is 0 Å². The fourth-order valence-electron chi connectivity index (χ4n) is 1.13. The van der Waals surface area contributed by atoms with Crippen molar-refractivity contribution in [1.29, 1.82) is 0 Å². The fraction of sp³-hybridized carbons (Fsp3) is 0.0909. The van der Waals surface area contributed by atoms with Gasteiger partial charge in [0.1, 0.15) is 17.9 Å². The lowest BCUT2D eigenvalue weighted by Crippen LogP contribution is -1.91. The lowest BCUT2D eigenvalue weighted by atomic mass is 10.2. The molecule has 82 valence electrons. The van der Waals surface area contributed by atoms with Gasteiger partial charge in [0, 0.05) is 12.3 Å². The van der Waals surface area contributed by atoms with Crippen LogP contribution in [-0.2, 0) is 0 Å². The number of benzene rings is 1. The zero-order valence-electron chi connectivity index (χ0n) is 8.45. The minimum atomic E-state index is -0.303. The SMILES string of the molecule is Cc1ccc(Oc2ncncc2Br)cc1F. The van der Waals surface area contributed by atoms with Gasteiger partial charge in [0.2, 0.25) is 5.88 Å². The molecule has 1 aromatic carbocycles. The highest BCUT2D eigenvalue weighted by molar-refractivity contribution is 9.10. The minimum absolute atomic E-state index is 0.303. The second-order valence-electron chi connectivity index (χ2n) is 3.19. The summed E-state index contributed by atoms with van der Waals surface area (Å²) in [6, 6.07) is 4.66. The molecule has 1 heterocycles. The van der Waals surface area contributed by atoms with Gasteiger partial charge >= 0.3 is 0 Å². The number of aromatic nitrogens is 2. The number of halogens is 2. The van der Waals surface area contributed by atoms with Crippen molar-refractivity contribution in [2.45, 2.75) is 6.92 Å². The van der Waals surface area contributed by atoms with Crippen molar-refractivity contribution in [2.24, 2.45) is 0 Å². The molecule has 2 rings (SSSR count). The monoisotopic (exact) mass is 282 g/mol. The largest absolute Gasteiger partial charge is 0.438 e. The van der Waals surface area contributed by atoms with Crippen molar-refractivity contribution in [1.82, 2.24) is 9.97 Å². The molecule has 0 amide bonds. The molecule has 2 aromatic rings. The number of rotatable bonds is 2. The van der Waals surface area contributed by atoms with Gasteiger partial charge in [-0.15, -0.1) is 0 Å². The van der Waals surface area contributed by atoms with Crippen LogP contribution in [0.5, 0.6) is 11.6 Å². The predicted molar refractivity (Wildman–Crippen MR) is 60.9 cm³/mol. The summed E-state index contributed by atoms with van der Waals surface area (Å²) in [6.07, 6.45) is 2.93. The third kappa shape index (κ3) is 2.36. The summed E-state index contributed by atoms with van der Waals surface area (Å²) in [6.45, 7) is 1.69. The highest BCUT2D eigenvalue weighted by atomic mass is 79.9. The summed E-state index contributed by atoms with van der Waals surface area (Å²) >= 11 is 3.24. The molecule has 0 spiro atoms. The van der Waals surface area contributed by atoms with Crippen molar-refractivity contribution in [2.75, 3.05) is 0 Å². The summed E-state index contributed by atoms with van der Waals surface area (Å²) in [5.41, 5.74) is 0.578. The molecule has 5 heteroatoms. The van der Waals surface area contributed by atoms with Gasteiger partial charge in [0.15, 0.2) is 0 Å². The quantitative estimate of drug-likeness (QED) is 0.846. The molecular weight excluding hydrogens is 275 g/mol. The zero-order chi connectivity index (χ0) is 11.5. The highest BCUT2D eigenvalue weighted by Gasteiger charge is 2.05. The van der Waals surface area contributed by atoms with Crippen molar-refractivity contribution in [3.8, 4) is 11.6 Å². The Hall–Kier alpha value is -1.49. The molecule has 3 nitrogen and oxygen atoms in total. The van der Waals surface area contributed by atoms with Gasteiger partial charge in [-0.2, -0.15) is 0 Å². The normalized spacial score (nSPS) is 10.2. The molecular formula is C11H8BrFN2O. The predicted octanol–water partition coefficient (Wildman–Crippen LogP) is 3.48. The molecule has 0 aliphatic carbocycles. The second-order valence-corrected chi connectivity index (χ2v) is 4.04. The molecule has 0 saturated carbocycles. The maximum atomic E-state index is 13.3. The minimum Gasteiger partial charge on any atom is -0.438 e. The van der Waals surface area contributed by atoms with Crippen LogP contribution in [0.25, 0.3) is 0 Å². The molecule has 0 saturated heterocycles.